The van der Waals surface area contributed by atoms with Gasteiger partial charge in [0.1, 0.15) is 5.70 Å². The molecule has 5 heteroatoms. The van der Waals surface area contributed by atoms with E-state index < -0.39 is 11.9 Å². The molecule has 0 aliphatic carbocycles. The van der Waals surface area contributed by atoms with Crippen LogP contribution in [-0.4, -0.2) is 19.0 Å². The van der Waals surface area contributed by atoms with Crippen LogP contribution >= 0.6 is 0 Å². The fraction of sp³-hybridized carbons (Fsp3) is 0.0556. The van der Waals surface area contributed by atoms with Gasteiger partial charge in [0, 0.05) is 5.56 Å². The minimum Gasteiger partial charge on any atom is -0.464 e. The summed E-state index contributed by atoms with van der Waals surface area (Å²) in [5.41, 5.74) is 1.49. The van der Waals surface area contributed by atoms with Gasteiger partial charge < -0.3 is 10.1 Å². The number of hydrogen-bond donors (Lipinski definition) is 1. The molecule has 0 fully saturated rings. The smallest absolute Gasteiger partial charge is 0.354 e. The second-order valence-corrected chi connectivity index (χ2v) is 4.58. The molecule has 0 aliphatic rings. The topological polar surface area (TPSA) is 59.8 Å². The Bertz CT molecular complexity index is 789. The minimum absolute atomic E-state index is 0.00323. The maximum atomic E-state index is 12.2. The summed E-state index contributed by atoms with van der Waals surface area (Å²) in [4.78, 5) is 27.4. The first-order chi connectivity index (χ1) is 11.1. The first-order valence-corrected chi connectivity index (χ1v) is 6.78. The summed E-state index contributed by atoms with van der Waals surface area (Å²) in [7, 11) is 1.24. The number of nitrogens with one attached hydrogen (secondary N) is 1. The van der Waals surface area contributed by atoms with Crippen molar-refractivity contribution < 1.29 is 14.3 Å². The first kappa shape index (κ1) is 16.0. The molecule has 0 bridgehead atoms. The Balaban J connectivity index is 2.30. The number of amides is 1. The van der Waals surface area contributed by atoms with Gasteiger partial charge in [-0.2, -0.15) is 0 Å². The van der Waals surface area contributed by atoms with Crippen molar-refractivity contribution in [1.29, 1.82) is 0 Å². The third kappa shape index (κ3) is 4.29. The molecular formula is C18H14N2O3. The van der Waals surface area contributed by atoms with Crippen molar-refractivity contribution >= 4 is 23.6 Å². The van der Waals surface area contributed by atoms with Crippen molar-refractivity contribution in [2.45, 2.75) is 0 Å². The Hall–Kier alpha value is -3.39. The molecule has 0 saturated heterocycles. The van der Waals surface area contributed by atoms with Crippen LogP contribution in [0.2, 0.25) is 0 Å². The van der Waals surface area contributed by atoms with Crippen molar-refractivity contribution in [1.82, 2.24) is 5.32 Å². The maximum absolute atomic E-state index is 12.2. The summed E-state index contributed by atoms with van der Waals surface area (Å²) in [5.74, 6) is -1.08. The predicted octanol–water partition coefficient (Wildman–Crippen LogP) is 3.18. The van der Waals surface area contributed by atoms with E-state index in [9.17, 15) is 9.59 Å². The Morgan fingerprint density at radius 2 is 1.87 bits per heavy atom. The van der Waals surface area contributed by atoms with Gasteiger partial charge in [-0.1, -0.05) is 36.4 Å². The van der Waals surface area contributed by atoms with E-state index in [-0.39, 0.29) is 5.70 Å². The van der Waals surface area contributed by atoms with Crippen molar-refractivity contribution in [2.75, 3.05) is 7.11 Å². The van der Waals surface area contributed by atoms with E-state index in [0.717, 1.165) is 0 Å². The van der Waals surface area contributed by atoms with Crippen LogP contribution < -0.4 is 5.32 Å². The number of benzene rings is 2. The second-order valence-electron chi connectivity index (χ2n) is 4.58. The quantitative estimate of drug-likeness (QED) is 0.536. The van der Waals surface area contributed by atoms with E-state index in [1.54, 1.807) is 54.6 Å². The lowest BCUT2D eigenvalue weighted by Crippen LogP contribution is -2.28. The lowest BCUT2D eigenvalue weighted by Gasteiger charge is -2.08. The zero-order valence-electron chi connectivity index (χ0n) is 12.4. The third-order valence-corrected chi connectivity index (χ3v) is 3.00. The molecule has 0 unspecified atom stereocenters. The molecule has 23 heavy (non-hydrogen) atoms. The molecule has 0 radical (unpaired) electrons. The Kier molecular flexibility index (Phi) is 5.26. The van der Waals surface area contributed by atoms with Crippen molar-refractivity contribution in [3.8, 4) is 0 Å². The van der Waals surface area contributed by atoms with Crippen molar-refractivity contribution in [2.24, 2.45) is 0 Å². The average Bonchev–Trinajstić information content (AvgIpc) is 2.61. The highest BCUT2D eigenvalue weighted by Gasteiger charge is 2.14. The van der Waals surface area contributed by atoms with Gasteiger partial charge in [0.2, 0.25) is 0 Å². The van der Waals surface area contributed by atoms with E-state index in [1.807, 2.05) is 0 Å². The van der Waals surface area contributed by atoms with E-state index in [4.69, 9.17) is 11.3 Å². The second kappa shape index (κ2) is 7.57. The maximum Gasteiger partial charge on any atom is 0.354 e. The van der Waals surface area contributed by atoms with E-state index in [2.05, 4.69) is 10.2 Å². The zero-order valence-corrected chi connectivity index (χ0v) is 12.4. The molecule has 2 rings (SSSR count). The van der Waals surface area contributed by atoms with E-state index >= 15 is 0 Å². The normalized spacial score (nSPS) is 10.5. The molecule has 5 nitrogen and oxygen atoms in total. The summed E-state index contributed by atoms with van der Waals surface area (Å²) in [6.07, 6.45) is 1.47. The fourth-order valence-corrected chi connectivity index (χ4v) is 1.89. The molecule has 0 spiro atoms. The number of methoxy groups -OCH3 is 1. The Labute approximate surface area is 134 Å². The number of carbonyl (C=O) groups is 2. The number of ether oxygens (including phenoxy) is 1. The van der Waals surface area contributed by atoms with Gasteiger partial charge in [0.25, 0.3) is 5.91 Å². The van der Waals surface area contributed by atoms with Gasteiger partial charge in [-0.05, 0) is 29.8 Å². The largest absolute Gasteiger partial charge is 0.464 e. The van der Waals surface area contributed by atoms with Gasteiger partial charge in [-0.15, -0.1) is 0 Å². The molecule has 0 aliphatic heterocycles. The number of hydrogen-bond acceptors (Lipinski definition) is 3. The highest BCUT2D eigenvalue weighted by Crippen LogP contribution is 2.16. The summed E-state index contributed by atoms with van der Waals surface area (Å²) in [6, 6.07) is 15.2. The van der Waals surface area contributed by atoms with Crippen LogP contribution in [-0.2, 0) is 9.53 Å². The first-order valence-electron chi connectivity index (χ1n) is 6.78. The molecule has 0 saturated carbocycles. The predicted molar refractivity (Wildman–Crippen MR) is 86.6 cm³/mol. The van der Waals surface area contributed by atoms with Gasteiger partial charge in [0.05, 0.1) is 13.7 Å². The molecule has 0 aromatic heterocycles. The molecule has 1 N–H and O–H groups in total. The van der Waals surface area contributed by atoms with Crippen LogP contribution in [0.4, 0.5) is 5.69 Å². The molecular weight excluding hydrogens is 292 g/mol. The number of esters is 1. The standard InChI is InChI=1S/C18H14N2O3/c1-19-15-10-6-7-13(11-15)12-16(18(22)23-2)20-17(21)14-8-4-3-5-9-14/h3-12H,2H3,(H,20,21)/b16-12-. The fourth-order valence-electron chi connectivity index (χ4n) is 1.89. The lowest BCUT2D eigenvalue weighted by molar-refractivity contribution is -0.136. The monoisotopic (exact) mass is 306 g/mol. The molecule has 1 amide bonds. The zero-order chi connectivity index (χ0) is 16.7. The van der Waals surface area contributed by atoms with Crippen LogP contribution in [0.15, 0.2) is 60.3 Å². The van der Waals surface area contributed by atoms with Crippen LogP contribution in [0.3, 0.4) is 0 Å². The Morgan fingerprint density at radius 1 is 1.13 bits per heavy atom. The van der Waals surface area contributed by atoms with Crippen LogP contribution in [0, 0.1) is 6.57 Å². The number of rotatable bonds is 4. The summed E-state index contributed by atoms with van der Waals surface area (Å²) >= 11 is 0. The molecule has 0 heterocycles. The summed E-state index contributed by atoms with van der Waals surface area (Å²) in [5, 5.41) is 2.54. The number of nitrogens with zero attached hydrogens (tertiary/aromatic N) is 1. The van der Waals surface area contributed by atoms with Crippen LogP contribution in [0.25, 0.3) is 10.9 Å². The van der Waals surface area contributed by atoms with Crippen LogP contribution in [0.1, 0.15) is 15.9 Å². The summed E-state index contributed by atoms with van der Waals surface area (Å²) < 4.78 is 4.70. The molecule has 2 aromatic carbocycles. The highest BCUT2D eigenvalue weighted by atomic mass is 16.5. The SMILES string of the molecule is [C-]#[N+]c1cccc(/C=C(\NC(=O)c2ccccc2)C(=O)OC)c1. The van der Waals surface area contributed by atoms with E-state index in [0.29, 0.717) is 16.8 Å². The van der Waals surface area contributed by atoms with Gasteiger partial charge in [-0.25, -0.2) is 9.64 Å². The highest BCUT2D eigenvalue weighted by molar-refractivity contribution is 6.03. The third-order valence-electron chi connectivity index (χ3n) is 3.00. The molecule has 114 valence electrons. The molecule has 2 aromatic rings. The molecule has 0 atom stereocenters. The summed E-state index contributed by atoms with van der Waals surface area (Å²) in [6.45, 7) is 7.01. The van der Waals surface area contributed by atoms with Gasteiger partial charge >= 0.3 is 5.97 Å². The lowest BCUT2D eigenvalue weighted by atomic mass is 10.1. The number of carbonyl (C=O) groups excluding carboxylic acids is 2. The van der Waals surface area contributed by atoms with Crippen molar-refractivity contribution in [3.05, 3.63) is 82.8 Å². The van der Waals surface area contributed by atoms with E-state index in [1.165, 1.54) is 13.2 Å². The minimum atomic E-state index is -0.664. The van der Waals surface area contributed by atoms with Gasteiger partial charge in [-0.3, -0.25) is 4.79 Å². The van der Waals surface area contributed by atoms with Crippen LogP contribution in [0.5, 0.6) is 0 Å². The van der Waals surface area contributed by atoms with Gasteiger partial charge in [0.15, 0.2) is 5.69 Å². The Morgan fingerprint density at radius 3 is 2.52 bits per heavy atom. The van der Waals surface area contributed by atoms with Crippen molar-refractivity contribution in [3.63, 3.8) is 0 Å². The average molecular weight is 306 g/mol.